The SMILES string of the molecule is COC(=O)NC(C(=O)N1CCCC1c1ncc(-c2ccc(-c3ccc(-c4cnc(C5CC6CCC5C6)[nH]4)cc3)cc2)[nH]1)C(C)OC.COc1ccc(CNC=O)cn1. The van der Waals surface area contributed by atoms with Crippen molar-refractivity contribution in [3.8, 4) is 39.5 Å². The second-order valence-electron chi connectivity index (χ2n) is 15.3. The number of amides is 3. The normalized spacial score (nSPS) is 20.4. The number of hydrogen-bond donors (Lipinski definition) is 4. The Hall–Kier alpha value is -6.02. The molecular weight excluding hydrogens is 737 g/mol. The number of rotatable bonds is 13. The molecule has 5 aromatic rings. The van der Waals surface area contributed by atoms with Gasteiger partial charge in [0.1, 0.15) is 17.7 Å². The molecule has 3 fully saturated rings. The minimum Gasteiger partial charge on any atom is -0.481 e. The van der Waals surface area contributed by atoms with Crippen molar-refractivity contribution in [2.24, 2.45) is 11.8 Å². The van der Waals surface area contributed by atoms with E-state index in [9.17, 15) is 14.4 Å². The largest absolute Gasteiger partial charge is 0.481 e. The highest BCUT2D eigenvalue weighted by molar-refractivity contribution is 5.87. The van der Waals surface area contributed by atoms with Crippen LogP contribution in [0.4, 0.5) is 4.79 Å². The number of likely N-dealkylation sites (tertiary alicyclic amines) is 1. The zero-order valence-corrected chi connectivity index (χ0v) is 33.4. The molecule has 0 spiro atoms. The highest BCUT2D eigenvalue weighted by atomic mass is 16.5. The van der Waals surface area contributed by atoms with Gasteiger partial charge in [-0.2, -0.15) is 0 Å². The van der Waals surface area contributed by atoms with E-state index in [-0.39, 0.29) is 11.9 Å². The molecule has 3 aromatic heterocycles. The van der Waals surface area contributed by atoms with E-state index < -0.39 is 18.2 Å². The fourth-order valence-electron chi connectivity index (χ4n) is 8.58. The Labute approximate surface area is 338 Å². The van der Waals surface area contributed by atoms with Crippen LogP contribution in [0.3, 0.4) is 0 Å². The Morgan fingerprint density at radius 1 is 0.828 bits per heavy atom. The number of alkyl carbamates (subject to hydrolysis) is 1. The highest BCUT2D eigenvalue weighted by Crippen LogP contribution is 2.52. The molecule has 304 valence electrons. The Morgan fingerprint density at radius 2 is 1.48 bits per heavy atom. The van der Waals surface area contributed by atoms with Crippen LogP contribution >= 0.6 is 0 Å². The predicted molar refractivity (Wildman–Crippen MR) is 218 cm³/mol. The number of ether oxygens (including phenoxy) is 3. The summed E-state index contributed by atoms with van der Waals surface area (Å²) in [5, 5.41) is 5.17. The minimum absolute atomic E-state index is 0.218. The van der Waals surface area contributed by atoms with Gasteiger partial charge in [-0.3, -0.25) is 9.59 Å². The summed E-state index contributed by atoms with van der Waals surface area (Å²) in [4.78, 5) is 57.7. The van der Waals surface area contributed by atoms with Gasteiger partial charge in [0.25, 0.3) is 0 Å². The molecule has 8 rings (SSSR count). The van der Waals surface area contributed by atoms with Crippen LogP contribution in [0.25, 0.3) is 33.6 Å². The molecular formula is C44H52N8O6. The van der Waals surface area contributed by atoms with Gasteiger partial charge in [-0.05, 0) is 78.7 Å². The lowest BCUT2D eigenvalue weighted by molar-refractivity contribution is -0.137. The molecule has 4 N–H and O–H groups in total. The first-order valence-corrected chi connectivity index (χ1v) is 19.9. The van der Waals surface area contributed by atoms with Crippen molar-refractivity contribution in [1.29, 1.82) is 0 Å². The molecule has 4 heterocycles. The van der Waals surface area contributed by atoms with Crippen LogP contribution in [0.2, 0.25) is 0 Å². The number of methoxy groups -OCH3 is 3. The Kier molecular flexibility index (Phi) is 12.8. The van der Waals surface area contributed by atoms with E-state index in [1.807, 2.05) is 18.5 Å². The maximum Gasteiger partial charge on any atom is 0.407 e. The van der Waals surface area contributed by atoms with Crippen LogP contribution in [0.5, 0.6) is 5.88 Å². The molecule has 14 heteroatoms. The van der Waals surface area contributed by atoms with E-state index in [2.05, 4.69) is 79.1 Å². The van der Waals surface area contributed by atoms with Crippen molar-refractivity contribution in [3.63, 3.8) is 0 Å². The first-order valence-electron chi connectivity index (χ1n) is 19.9. The summed E-state index contributed by atoms with van der Waals surface area (Å²) >= 11 is 0. The zero-order chi connectivity index (χ0) is 40.6. The van der Waals surface area contributed by atoms with Gasteiger partial charge in [0, 0.05) is 38.4 Å². The summed E-state index contributed by atoms with van der Waals surface area (Å²) in [6.07, 6.45) is 12.0. The van der Waals surface area contributed by atoms with Crippen molar-refractivity contribution in [2.75, 3.05) is 27.9 Å². The number of carbonyl (C=O) groups excluding carboxylic acids is 3. The Morgan fingerprint density at radius 3 is 2.03 bits per heavy atom. The smallest absolute Gasteiger partial charge is 0.407 e. The van der Waals surface area contributed by atoms with Gasteiger partial charge in [0.15, 0.2) is 0 Å². The zero-order valence-electron chi connectivity index (χ0n) is 33.4. The molecule has 0 radical (unpaired) electrons. The number of hydrogen-bond acceptors (Lipinski definition) is 9. The first kappa shape index (κ1) is 40.2. The third-order valence-corrected chi connectivity index (χ3v) is 11.8. The monoisotopic (exact) mass is 788 g/mol. The van der Waals surface area contributed by atoms with Gasteiger partial charge < -0.3 is 39.7 Å². The number of fused-ring (bicyclic) bond motifs is 2. The standard InChI is InChI=1S/C36H42N6O4.C8H10N2O2/c1-21(45-2)32(41-36(44)46-3)35(43)42-16-4-5-31(42)34-38-20-30(40-34)26-14-10-24(11-15-26)23-8-12-25(13-9-23)29-19-37-33(39-29)28-18-22-6-7-27(28)17-22;1-12-8-3-2-7(5-10-8)4-9-6-11/h8-15,19-22,27-28,31-32H,4-7,16-18H2,1-3H3,(H,37,39)(H,38,40)(H,41,44);2-3,5-6H,4H2,1H3,(H,9,11). The van der Waals surface area contributed by atoms with Crippen LogP contribution in [0.15, 0.2) is 79.3 Å². The van der Waals surface area contributed by atoms with Crippen molar-refractivity contribution in [2.45, 2.75) is 76.1 Å². The quantitative estimate of drug-likeness (QED) is 0.0936. The fraction of sp³-hybridized carbons (Fsp3) is 0.409. The van der Waals surface area contributed by atoms with Gasteiger partial charge >= 0.3 is 6.09 Å². The molecule has 2 aromatic carbocycles. The molecule has 6 atom stereocenters. The summed E-state index contributed by atoms with van der Waals surface area (Å²) in [6.45, 7) is 2.83. The van der Waals surface area contributed by atoms with E-state index in [0.29, 0.717) is 31.3 Å². The number of nitrogens with one attached hydrogen (secondary N) is 4. The Balaban J connectivity index is 0.000000368. The number of nitrogens with zero attached hydrogens (tertiary/aromatic N) is 4. The molecule has 2 aliphatic carbocycles. The topological polar surface area (TPSA) is 176 Å². The lowest BCUT2D eigenvalue weighted by Crippen LogP contribution is -2.54. The van der Waals surface area contributed by atoms with E-state index in [1.165, 1.54) is 39.9 Å². The summed E-state index contributed by atoms with van der Waals surface area (Å²) in [7, 11) is 4.35. The first-order chi connectivity index (χ1) is 28.3. The molecule has 58 heavy (non-hydrogen) atoms. The number of carbonyl (C=O) groups is 3. The van der Waals surface area contributed by atoms with Crippen LogP contribution in [0.1, 0.15) is 74.6 Å². The molecule has 3 amide bonds. The lowest BCUT2D eigenvalue weighted by Gasteiger charge is -2.30. The van der Waals surface area contributed by atoms with Gasteiger partial charge in [0.05, 0.1) is 50.1 Å². The van der Waals surface area contributed by atoms with Crippen LogP contribution in [-0.4, -0.2) is 88.3 Å². The van der Waals surface area contributed by atoms with E-state index >= 15 is 0 Å². The van der Waals surface area contributed by atoms with Gasteiger partial charge in [-0.1, -0.05) is 61.0 Å². The van der Waals surface area contributed by atoms with E-state index in [1.54, 1.807) is 31.2 Å². The second kappa shape index (κ2) is 18.5. The third kappa shape index (κ3) is 9.07. The summed E-state index contributed by atoms with van der Waals surface area (Å²) in [6, 6.07) is 19.6. The number of pyridine rings is 1. The Bertz CT molecular complexity index is 2130. The van der Waals surface area contributed by atoms with Gasteiger partial charge in [0.2, 0.25) is 18.2 Å². The summed E-state index contributed by atoms with van der Waals surface area (Å²) in [5.41, 5.74) is 7.36. The van der Waals surface area contributed by atoms with Crippen LogP contribution < -0.4 is 15.4 Å². The molecule has 6 unspecified atom stereocenters. The average molecular weight is 789 g/mol. The fourth-order valence-corrected chi connectivity index (χ4v) is 8.58. The number of H-pyrrole nitrogens is 2. The summed E-state index contributed by atoms with van der Waals surface area (Å²) in [5.74, 6) is 4.56. The van der Waals surface area contributed by atoms with E-state index in [0.717, 1.165) is 75.5 Å². The second-order valence-corrected chi connectivity index (χ2v) is 15.3. The van der Waals surface area contributed by atoms with Crippen molar-refractivity contribution in [3.05, 3.63) is 96.5 Å². The molecule has 2 saturated carbocycles. The maximum atomic E-state index is 13.5. The molecule has 3 aliphatic rings. The molecule has 1 saturated heterocycles. The maximum absolute atomic E-state index is 13.5. The molecule has 2 bridgehead atoms. The molecule has 14 nitrogen and oxygen atoms in total. The third-order valence-electron chi connectivity index (χ3n) is 11.8. The number of aromatic nitrogens is 5. The molecule has 1 aliphatic heterocycles. The highest BCUT2D eigenvalue weighted by Gasteiger charge is 2.42. The predicted octanol–water partition coefficient (Wildman–Crippen LogP) is 6.80. The number of aromatic amines is 2. The van der Waals surface area contributed by atoms with Gasteiger partial charge in [-0.15, -0.1) is 0 Å². The number of benzene rings is 2. The number of imidazole rings is 2. The minimum atomic E-state index is -0.863. The lowest BCUT2D eigenvalue weighted by atomic mass is 9.88. The van der Waals surface area contributed by atoms with Crippen LogP contribution in [0, 0.1) is 11.8 Å². The summed E-state index contributed by atoms with van der Waals surface area (Å²) < 4.78 is 15.0. The van der Waals surface area contributed by atoms with Crippen molar-refractivity contribution >= 4 is 18.4 Å². The van der Waals surface area contributed by atoms with Crippen molar-refractivity contribution in [1.82, 2.24) is 40.5 Å². The van der Waals surface area contributed by atoms with Crippen LogP contribution in [-0.2, 0) is 25.6 Å². The average Bonchev–Trinajstić information content (AvgIpc) is 4.14. The van der Waals surface area contributed by atoms with Crippen molar-refractivity contribution < 1.29 is 28.6 Å². The van der Waals surface area contributed by atoms with E-state index in [4.69, 9.17) is 19.2 Å². The van der Waals surface area contributed by atoms with Gasteiger partial charge in [-0.25, -0.2) is 19.7 Å².